The Kier molecular flexibility index (Phi) is 7.70. The van der Waals surface area contributed by atoms with Crippen molar-refractivity contribution in [3.05, 3.63) is 47.6 Å². The van der Waals surface area contributed by atoms with Gasteiger partial charge >= 0.3 is 0 Å². The summed E-state index contributed by atoms with van der Waals surface area (Å²) >= 11 is 6.38. The fourth-order valence-electron chi connectivity index (χ4n) is 3.47. The van der Waals surface area contributed by atoms with E-state index in [9.17, 15) is 9.90 Å². The first-order chi connectivity index (χ1) is 14.9. The van der Waals surface area contributed by atoms with E-state index in [1.54, 1.807) is 6.20 Å². The summed E-state index contributed by atoms with van der Waals surface area (Å²) in [7, 11) is 0. The number of carbonyl (C=O) groups excluding carboxylic acids is 1. The van der Waals surface area contributed by atoms with Crippen molar-refractivity contribution in [2.24, 2.45) is 0 Å². The molecule has 0 radical (unpaired) electrons. The maximum atomic E-state index is 11.2. The molecule has 1 amide bonds. The van der Waals surface area contributed by atoms with Crippen molar-refractivity contribution in [1.82, 2.24) is 15.3 Å². The molecule has 0 bridgehead atoms. The molecule has 2 N–H and O–H groups in total. The van der Waals surface area contributed by atoms with E-state index in [4.69, 9.17) is 16.3 Å². The van der Waals surface area contributed by atoms with Crippen molar-refractivity contribution >= 4 is 35.0 Å². The molecule has 2 aromatic rings. The van der Waals surface area contributed by atoms with Crippen LogP contribution in [0, 0.1) is 0 Å². The van der Waals surface area contributed by atoms with Gasteiger partial charge in [0.25, 0.3) is 0 Å². The third-order valence-electron chi connectivity index (χ3n) is 5.02. The van der Waals surface area contributed by atoms with Gasteiger partial charge in [0.15, 0.2) is 5.82 Å². The maximum absolute atomic E-state index is 11.2. The van der Waals surface area contributed by atoms with Gasteiger partial charge in [-0.2, -0.15) is 4.98 Å². The molecule has 2 heterocycles. The quantitative estimate of drug-likeness (QED) is 0.613. The minimum absolute atomic E-state index is 0.00130. The number of halogens is 1. The van der Waals surface area contributed by atoms with E-state index in [-0.39, 0.29) is 18.6 Å². The Bertz CT molecular complexity index is 922. The Morgan fingerprint density at radius 3 is 2.81 bits per heavy atom. The zero-order chi connectivity index (χ0) is 22.4. The predicted molar refractivity (Wildman–Crippen MR) is 123 cm³/mol. The molecule has 9 heteroatoms. The van der Waals surface area contributed by atoms with Crippen LogP contribution in [0.3, 0.4) is 0 Å². The molecule has 1 aliphatic rings. The second-order valence-corrected chi connectivity index (χ2v) is 7.71. The van der Waals surface area contributed by atoms with Gasteiger partial charge in [0.1, 0.15) is 16.9 Å². The fourth-order valence-corrected chi connectivity index (χ4v) is 3.68. The van der Waals surface area contributed by atoms with Crippen LogP contribution in [0.2, 0.25) is 5.02 Å². The lowest BCUT2D eigenvalue weighted by Gasteiger charge is -2.23. The largest absolute Gasteiger partial charge is 0.489 e. The third-order valence-corrected chi connectivity index (χ3v) is 5.29. The summed E-state index contributed by atoms with van der Waals surface area (Å²) in [5.74, 6) is 1.83. The zero-order valence-corrected chi connectivity index (χ0v) is 18.6. The number of hydrogen-bond acceptors (Lipinski definition) is 7. The van der Waals surface area contributed by atoms with E-state index in [0.717, 1.165) is 24.3 Å². The molecule has 1 aliphatic heterocycles. The van der Waals surface area contributed by atoms with Gasteiger partial charge in [0.05, 0.1) is 19.3 Å². The number of aliphatic hydroxyl groups is 1. The summed E-state index contributed by atoms with van der Waals surface area (Å²) in [4.78, 5) is 24.1. The summed E-state index contributed by atoms with van der Waals surface area (Å²) in [6.07, 6.45) is 2.44. The SMILES string of the molecule is C=C(NC(C)=O)c1ccc(O[C@@H]2CCN(c3nc(N(CC)CCO)ncc3Cl)C2)cc1. The Labute approximate surface area is 187 Å². The van der Waals surface area contributed by atoms with Crippen molar-refractivity contribution in [3.8, 4) is 5.75 Å². The van der Waals surface area contributed by atoms with Crippen LogP contribution >= 0.6 is 11.6 Å². The van der Waals surface area contributed by atoms with E-state index >= 15 is 0 Å². The summed E-state index contributed by atoms with van der Waals surface area (Å²) in [6.45, 7) is 9.92. The Hall–Kier alpha value is -2.84. The average molecular weight is 446 g/mol. The molecule has 0 unspecified atom stereocenters. The predicted octanol–water partition coefficient (Wildman–Crippen LogP) is 2.71. The third kappa shape index (κ3) is 5.86. The number of benzene rings is 1. The van der Waals surface area contributed by atoms with Crippen LogP contribution in [-0.4, -0.2) is 59.9 Å². The smallest absolute Gasteiger partial charge is 0.227 e. The van der Waals surface area contributed by atoms with Gasteiger partial charge in [-0.1, -0.05) is 18.2 Å². The first kappa shape index (κ1) is 22.8. The van der Waals surface area contributed by atoms with Crippen LogP contribution in [0.4, 0.5) is 11.8 Å². The van der Waals surface area contributed by atoms with Crippen LogP contribution in [-0.2, 0) is 4.79 Å². The minimum atomic E-state index is -0.152. The van der Waals surface area contributed by atoms with E-state index in [1.165, 1.54) is 6.92 Å². The second kappa shape index (κ2) is 10.5. The van der Waals surface area contributed by atoms with Gasteiger partial charge in [0, 0.05) is 38.7 Å². The molecule has 1 fully saturated rings. The van der Waals surface area contributed by atoms with Crippen LogP contribution in [0.1, 0.15) is 25.8 Å². The lowest BCUT2D eigenvalue weighted by Crippen LogP contribution is -2.30. The maximum Gasteiger partial charge on any atom is 0.227 e. The van der Waals surface area contributed by atoms with Crippen molar-refractivity contribution in [1.29, 1.82) is 0 Å². The van der Waals surface area contributed by atoms with E-state index in [2.05, 4.69) is 26.8 Å². The van der Waals surface area contributed by atoms with Crippen molar-refractivity contribution in [3.63, 3.8) is 0 Å². The van der Waals surface area contributed by atoms with Crippen LogP contribution in [0.25, 0.3) is 5.70 Å². The van der Waals surface area contributed by atoms with E-state index < -0.39 is 0 Å². The number of likely N-dealkylation sites (N-methyl/N-ethyl adjacent to an activating group) is 1. The minimum Gasteiger partial charge on any atom is -0.489 e. The molecule has 8 nitrogen and oxygen atoms in total. The molecule has 166 valence electrons. The topological polar surface area (TPSA) is 90.8 Å². The first-order valence-corrected chi connectivity index (χ1v) is 10.7. The molecule has 3 rings (SSSR count). The standard InChI is InChI=1S/C22H28ClN5O3/c1-4-27(11-12-29)22-24-13-20(23)21(26-22)28-10-9-19(14-28)31-18-7-5-17(6-8-18)15(2)25-16(3)30/h5-8,13,19,29H,2,4,9-12,14H2,1,3H3,(H,25,30)/t19-/m1/s1. The number of aliphatic hydroxyl groups excluding tert-OH is 1. The van der Waals surface area contributed by atoms with Gasteiger partial charge < -0.3 is 25.0 Å². The number of amides is 1. The number of carbonyl (C=O) groups is 1. The highest BCUT2D eigenvalue weighted by molar-refractivity contribution is 6.32. The van der Waals surface area contributed by atoms with E-state index in [1.807, 2.05) is 36.1 Å². The zero-order valence-electron chi connectivity index (χ0n) is 17.8. The number of nitrogens with zero attached hydrogens (tertiary/aromatic N) is 4. The number of hydrogen-bond donors (Lipinski definition) is 2. The van der Waals surface area contributed by atoms with Gasteiger partial charge in [-0.3, -0.25) is 4.79 Å². The summed E-state index contributed by atoms with van der Waals surface area (Å²) < 4.78 is 6.13. The van der Waals surface area contributed by atoms with Crippen LogP contribution in [0.5, 0.6) is 5.75 Å². The highest BCUT2D eigenvalue weighted by Gasteiger charge is 2.27. The van der Waals surface area contributed by atoms with Gasteiger partial charge in [-0.15, -0.1) is 0 Å². The number of rotatable bonds is 9. The molecule has 0 aliphatic carbocycles. The fraction of sp³-hybridized carbons (Fsp3) is 0.409. The highest BCUT2D eigenvalue weighted by atomic mass is 35.5. The van der Waals surface area contributed by atoms with Crippen LogP contribution in [0.15, 0.2) is 37.0 Å². The molecule has 1 saturated heterocycles. The average Bonchev–Trinajstić information content (AvgIpc) is 3.20. The first-order valence-electron chi connectivity index (χ1n) is 10.3. The van der Waals surface area contributed by atoms with Crippen molar-refractivity contribution in [2.75, 3.05) is 42.6 Å². The normalized spacial score (nSPS) is 15.6. The molecule has 1 aromatic carbocycles. The molecular weight excluding hydrogens is 418 g/mol. The monoisotopic (exact) mass is 445 g/mol. The molecular formula is C22H28ClN5O3. The second-order valence-electron chi connectivity index (χ2n) is 7.30. The molecule has 31 heavy (non-hydrogen) atoms. The van der Waals surface area contributed by atoms with Gasteiger partial charge in [-0.25, -0.2) is 4.98 Å². The number of ether oxygens (including phenoxy) is 1. The molecule has 1 atom stereocenters. The highest BCUT2D eigenvalue weighted by Crippen LogP contribution is 2.29. The molecule has 0 saturated carbocycles. The van der Waals surface area contributed by atoms with Crippen LogP contribution < -0.4 is 19.9 Å². The van der Waals surface area contributed by atoms with Gasteiger partial charge in [0.2, 0.25) is 11.9 Å². The Balaban J connectivity index is 1.64. The number of aromatic nitrogens is 2. The summed E-state index contributed by atoms with van der Waals surface area (Å²) in [6, 6.07) is 7.48. The number of anilines is 2. The van der Waals surface area contributed by atoms with Crippen molar-refractivity contribution < 1.29 is 14.6 Å². The van der Waals surface area contributed by atoms with E-state index in [0.29, 0.717) is 42.1 Å². The van der Waals surface area contributed by atoms with Crippen molar-refractivity contribution in [2.45, 2.75) is 26.4 Å². The Morgan fingerprint density at radius 1 is 1.42 bits per heavy atom. The lowest BCUT2D eigenvalue weighted by atomic mass is 10.1. The summed E-state index contributed by atoms with van der Waals surface area (Å²) in [5.41, 5.74) is 1.39. The molecule has 0 spiro atoms. The lowest BCUT2D eigenvalue weighted by molar-refractivity contribution is -0.117. The number of nitrogens with one attached hydrogen (secondary N) is 1. The molecule has 1 aromatic heterocycles. The summed E-state index contributed by atoms with van der Waals surface area (Å²) in [5, 5.41) is 12.4. The Morgan fingerprint density at radius 2 is 2.16 bits per heavy atom. The van der Waals surface area contributed by atoms with Gasteiger partial charge in [-0.05, 0) is 36.8 Å².